The Bertz CT molecular complexity index is 1840. The number of hydrogen-bond acceptors (Lipinski definition) is 0. The molecule has 4 aromatic rings. The molecule has 0 spiro atoms. The van der Waals surface area contributed by atoms with Crippen LogP contribution in [0.1, 0.15) is 102 Å². The van der Waals surface area contributed by atoms with Crippen LogP contribution in [0.2, 0.25) is 3.63 Å². The van der Waals surface area contributed by atoms with Crippen molar-refractivity contribution in [2.45, 2.75) is 101 Å². The molecule has 48 heavy (non-hydrogen) atoms. The van der Waals surface area contributed by atoms with Crippen molar-refractivity contribution in [1.82, 2.24) is 0 Å². The van der Waals surface area contributed by atoms with Crippen molar-refractivity contribution in [2.24, 2.45) is 0 Å². The molecule has 0 unspecified atom stereocenters. The van der Waals surface area contributed by atoms with Crippen LogP contribution in [0.4, 0.5) is 0 Å². The second kappa shape index (κ2) is 14.9. The Balaban J connectivity index is 0.00000225. The Morgan fingerprint density at radius 2 is 1.12 bits per heavy atom. The van der Waals surface area contributed by atoms with E-state index in [2.05, 4.69) is 145 Å². The van der Waals surface area contributed by atoms with Crippen molar-refractivity contribution in [3.05, 3.63) is 125 Å². The molecule has 1 fully saturated rings. The summed E-state index contributed by atoms with van der Waals surface area (Å²) in [7, 11) is 0. The van der Waals surface area contributed by atoms with E-state index in [1.165, 1.54) is 83.0 Å². The van der Waals surface area contributed by atoms with Crippen LogP contribution in [0.5, 0.6) is 0 Å². The summed E-state index contributed by atoms with van der Waals surface area (Å²) in [5.74, 6) is 0. The van der Waals surface area contributed by atoms with Gasteiger partial charge in [0.05, 0.1) is 0 Å². The van der Waals surface area contributed by atoms with Gasteiger partial charge >= 0.3 is 287 Å². The van der Waals surface area contributed by atoms with Crippen LogP contribution in [0.25, 0.3) is 33.4 Å². The molecule has 0 nitrogen and oxygen atoms in total. The van der Waals surface area contributed by atoms with Gasteiger partial charge in [-0.15, -0.1) is 0 Å². The molecule has 0 saturated heterocycles. The Morgan fingerprint density at radius 1 is 0.583 bits per heavy atom. The minimum absolute atomic E-state index is 0. The first-order chi connectivity index (χ1) is 22.1. The van der Waals surface area contributed by atoms with Crippen LogP contribution in [-0.4, -0.2) is 3.21 Å². The maximum absolute atomic E-state index is 2.64. The van der Waals surface area contributed by atoms with E-state index in [4.69, 9.17) is 0 Å². The van der Waals surface area contributed by atoms with E-state index in [1.807, 2.05) is 6.48 Å². The monoisotopic (exact) mass is 750 g/mol. The predicted octanol–water partition coefficient (Wildman–Crippen LogP) is 5.88. The molecule has 0 aliphatic heterocycles. The van der Waals surface area contributed by atoms with Gasteiger partial charge in [0.15, 0.2) is 0 Å². The summed E-state index contributed by atoms with van der Waals surface area (Å²) in [6.45, 7) is 14.5. The molecule has 248 valence electrons. The zero-order chi connectivity index (χ0) is 32.1. The van der Waals surface area contributed by atoms with E-state index >= 15 is 0 Å². The molecule has 0 amide bonds. The normalized spacial score (nSPS) is 15.6. The van der Waals surface area contributed by atoms with Gasteiger partial charge < -0.3 is 24.8 Å². The topological polar surface area (TPSA) is 0 Å². The fraction of sp³-hybridized carbons (Fsp3) is 0.356. The Hall–Kier alpha value is -2.31. The van der Waals surface area contributed by atoms with Crippen molar-refractivity contribution >= 4 is 6.48 Å². The zero-order valence-corrected chi connectivity index (χ0v) is 33.6. The maximum Gasteiger partial charge on any atom is -1.00 e. The molecule has 0 N–H and O–H groups in total. The largest absolute Gasteiger partial charge is 1.00 e. The molecule has 3 heteroatoms. The Kier molecular flexibility index (Phi) is 11.5. The number of halogens is 2. The van der Waals surface area contributed by atoms with Crippen LogP contribution in [0.15, 0.2) is 103 Å². The SMILES string of the molecule is CC(C)(C)c1cc2c(cc1-c1ccccc1)Cc1c-2cc(C(C)(C)C)c(-c2ccccc2)[c]1[Zr+2](=[C]1CCCCCC1)[CH]1C=CC=C1.[Cl-].[Cl-]. The van der Waals surface area contributed by atoms with E-state index in [1.54, 1.807) is 11.1 Å². The minimum Gasteiger partial charge on any atom is -1.00 e. The molecular weight excluding hydrogens is 703 g/mol. The summed E-state index contributed by atoms with van der Waals surface area (Å²) in [5, 5.41) is 0. The van der Waals surface area contributed by atoms with Gasteiger partial charge in [-0.3, -0.25) is 0 Å². The first-order valence-electron chi connectivity index (χ1n) is 17.7. The molecule has 1 saturated carbocycles. The fourth-order valence-electron chi connectivity index (χ4n) is 8.28. The van der Waals surface area contributed by atoms with Crippen LogP contribution >= 0.6 is 0 Å². The third-order valence-electron chi connectivity index (χ3n) is 10.5. The fourth-order valence-corrected chi connectivity index (χ4v) is 17.5. The van der Waals surface area contributed by atoms with E-state index in [0.717, 1.165) is 6.42 Å². The first kappa shape index (κ1) is 37.0. The molecule has 0 atom stereocenters. The molecular formula is C45H50Cl2Zr. The molecule has 0 bridgehead atoms. The second-order valence-electron chi connectivity index (χ2n) is 15.9. The van der Waals surface area contributed by atoms with Gasteiger partial charge in [-0.05, 0) is 0 Å². The second-order valence-corrected chi connectivity index (χ2v) is 22.5. The number of rotatable bonds is 4. The standard InChI is InChI=1S/C33H33.C7H12.C5H5.2ClH.Zr/c1-32(2,3)30-20-26-24(18-28(30)22-13-9-7-10-14-22)17-25-19-29(23-15-11-8-12-16-23)31(21-27(25)26)33(4,5)6;1-2-4-6-7-5-3-1;1-2-4-5-3-1;;;/h7-16,18,20-21H,17H2,1-6H3;1-6H2;1-5H;2*1H;/q;;;;;+2/p-2. The minimum atomic E-state index is -2.45. The van der Waals surface area contributed by atoms with Gasteiger partial charge in [-0.25, -0.2) is 0 Å². The van der Waals surface area contributed by atoms with E-state index < -0.39 is 21.3 Å². The smallest absolute Gasteiger partial charge is 1.00 e. The Morgan fingerprint density at radius 3 is 1.69 bits per heavy atom. The van der Waals surface area contributed by atoms with Gasteiger partial charge in [0, 0.05) is 0 Å². The molecule has 3 aliphatic rings. The van der Waals surface area contributed by atoms with Gasteiger partial charge in [-0.2, -0.15) is 0 Å². The average Bonchev–Trinajstić information content (AvgIpc) is 3.61. The van der Waals surface area contributed by atoms with E-state index in [-0.39, 0.29) is 35.6 Å². The van der Waals surface area contributed by atoms with Gasteiger partial charge in [0.25, 0.3) is 0 Å². The molecule has 0 aromatic heterocycles. The molecule has 7 rings (SSSR count). The summed E-state index contributed by atoms with van der Waals surface area (Å²) in [5.41, 5.74) is 15.0. The summed E-state index contributed by atoms with van der Waals surface area (Å²) in [4.78, 5) is 0. The van der Waals surface area contributed by atoms with Crippen molar-refractivity contribution < 1.29 is 46.1 Å². The van der Waals surface area contributed by atoms with Gasteiger partial charge in [0.2, 0.25) is 0 Å². The average molecular weight is 753 g/mol. The molecule has 0 heterocycles. The van der Waals surface area contributed by atoms with E-state index in [9.17, 15) is 0 Å². The van der Waals surface area contributed by atoms with Crippen molar-refractivity contribution in [2.75, 3.05) is 0 Å². The predicted molar refractivity (Wildman–Crippen MR) is 197 cm³/mol. The quantitative estimate of drug-likeness (QED) is 0.202. The van der Waals surface area contributed by atoms with Crippen LogP contribution in [-0.2, 0) is 38.5 Å². The summed E-state index contributed by atoms with van der Waals surface area (Å²) >= 11 is -2.45. The first-order valence-corrected chi connectivity index (χ1v) is 21.6. The summed E-state index contributed by atoms with van der Waals surface area (Å²) < 4.78 is 4.39. The number of allylic oxidation sites excluding steroid dienone is 4. The Labute approximate surface area is 310 Å². The van der Waals surface area contributed by atoms with Crippen LogP contribution in [0.3, 0.4) is 0 Å². The van der Waals surface area contributed by atoms with Crippen LogP contribution in [0, 0.1) is 0 Å². The molecule has 3 aliphatic carbocycles. The van der Waals surface area contributed by atoms with E-state index in [0.29, 0.717) is 3.63 Å². The zero-order valence-electron chi connectivity index (χ0n) is 29.6. The number of fused-ring (bicyclic) bond motifs is 3. The maximum atomic E-state index is 2.64. The van der Waals surface area contributed by atoms with Crippen molar-refractivity contribution in [3.8, 4) is 33.4 Å². The van der Waals surface area contributed by atoms with Crippen molar-refractivity contribution in [3.63, 3.8) is 0 Å². The van der Waals surface area contributed by atoms with Gasteiger partial charge in [0.1, 0.15) is 0 Å². The number of benzene rings is 4. The third-order valence-corrected chi connectivity index (χ3v) is 18.9. The number of hydrogen-bond donors (Lipinski definition) is 0. The molecule has 4 aromatic carbocycles. The molecule has 0 radical (unpaired) electrons. The third kappa shape index (κ3) is 7.13. The summed E-state index contributed by atoms with van der Waals surface area (Å²) in [6.07, 6.45) is 19.1. The van der Waals surface area contributed by atoms with Crippen molar-refractivity contribution in [1.29, 1.82) is 0 Å². The summed E-state index contributed by atoms with van der Waals surface area (Å²) in [6, 6.07) is 30.4. The van der Waals surface area contributed by atoms with Gasteiger partial charge in [-0.1, -0.05) is 0 Å². The van der Waals surface area contributed by atoms with Crippen LogP contribution < -0.4 is 28.1 Å².